The Morgan fingerprint density at radius 1 is 1.11 bits per heavy atom. The van der Waals surface area contributed by atoms with Gasteiger partial charge in [-0.3, -0.25) is 14.5 Å². The number of halogens is 1. The number of fused-ring (bicyclic) bond motifs is 1. The summed E-state index contributed by atoms with van der Waals surface area (Å²) in [4.78, 5) is 32.4. The molecule has 0 radical (unpaired) electrons. The van der Waals surface area contributed by atoms with Crippen LogP contribution in [0, 0.1) is 12.7 Å². The van der Waals surface area contributed by atoms with Gasteiger partial charge >= 0.3 is 5.91 Å². The Labute approximate surface area is 204 Å². The van der Waals surface area contributed by atoms with Gasteiger partial charge in [-0.25, -0.2) is 9.37 Å². The van der Waals surface area contributed by atoms with E-state index in [1.54, 1.807) is 36.4 Å². The van der Waals surface area contributed by atoms with Gasteiger partial charge in [0.1, 0.15) is 17.3 Å². The molecular weight excluding hydrogens is 467 g/mol. The molecule has 1 atom stereocenters. The molecule has 1 aliphatic rings. The highest BCUT2D eigenvalue weighted by Gasteiger charge is 2.48. The molecular formula is C27H21FN2O4S. The fraction of sp³-hybridized carbons (Fsp3) is 0.148. The summed E-state index contributed by atoms with van der Waals surface area (Å²) in [5.74, 6) is -1.76. The number of aromatic nitrogens is 1. The van der Waals surface area contributed by atoms with E-state index in [1.807, 2.05) is 26.0 Å². The summed E-state index contributed by atoms with van der Waals surface area (Å²) in [6, 6.07) is 17.3. The summed E-state index contributed by atoms with van der Waals surface area (Å²) < 4.78 is 20.0. The van der Waals surface area contributed by atoms with Crippen LogP contribution in [0.4, 0.5) is 9.52 Å². The van der Waals surface area contributed by atoms with Crippen molar-refractivity contribution in [1.29, 1.82) is 0 Å². The maximum atomic E-state index is 13.8. The monoisotopic (exact) mass is 488 g/mol. The third kappa shape index (κ3) is 4.06. The van der Waals surface area contributed by atoms with E-state index in [4.69, 9.17) is 4.74 Å². The first kappa shape index (κ1) is 22.7. The quantitative estimate of drug-likeness (QED) is 0.219. The van der Waals surface area contributed by atoms with E-state index in [2.05, 4.69) is 4.98 Å². The van der Waals surface area contributed by atoms with Crippen molar-refractivity contribution in [3.8, 4) is 5.75 Å². The number of ether oxygens (including phenoxy) is 1. The third-order valence-electron chi connectivity index (χ3n) is 5.80. The van der Waals surface area contributed by atoms with Crippen LogP contribution in [0.15, 0.2) is 72.3 Å². The van der Waals surface area contributed by atoms with Crippen LogP contribution >= 0.6 is 11.3 Å². The molecule has 1 unspecified atom stereocenters. The molecule has 1 aromatic heterocycles. The van der Waals surface area contributed by atoms with Gasteiger partial charge in [-0.1, -0.05) is 53.3 Å². The fourth-order valence-electron chi connectivity index (χ4n) is 4.14. The van der Waals surface area contributed by atoms with Crippen LogP contribution in [0.5, 0.6) is 5.75 Å². The zero-order chi connectivity index (χ0) is 24.7. The molecule has 6 nitrogen and oxygen atoms in total. The number of rotatable bonds is 5. The molecule has 1 amide bonds. The van der Waals surface area contributed by atoms with Gasteiger partial charge in [0.25, 0.3) is 5.78 Å². The molecule has 2 heterocycles. The minimum absolute atomic E-state index is 0.0436. The normalized spacial score (nSPS) is 17.3. The second-order valence-corrected chi connectivity index (χ2v) is 9.16. The highest BCUT2D eigenvalue weighted by atomic mass is 32.1. The molecule has 4 aromatic rings. The number of thiazole rings is 1. The molecule has 1 saturated heterocycles. The lowest BCUT2D eigenvalue weighted by Gasteiger charge is -2.23. The van der Waals surface area contributed by atoms with Crippen LogP contribution < -0.4 is 9.64 Å². The average Bonchev–Trinajstić information content (AvgIpc) is 3.37. The summed E-state index contributed by atoms with van der Waals surface area (Å²) in [5, 5.41) is 11.5. The molecule has 0 bridgehead atoms. The van der Waals surface area contributed by atoms with Crippen LogP contribution in [0.25, 0.3) is 16.0 Å². The number of nitrogens with zero attached hydrogens (tertiary/aromatic N) is 2. The molecule has 35 heavy (non-hydrogen) atoms. The van der Waals surface area contributed by atoms with Gasteiger partial charge in [-0.15, -0.1) is 0 Å². The average molecular weight is 489 g/mol. The number of carbonyl (C=O) groups excluding carboxylic acids is 2. The van der Waals surface area contributed by atoms with Gasteiger partial charge in [0, 0.05) is 5.56 Å². The predicted molar refractivity (Wildman–Crippen MR) is 133 cm³/mol. The first-order valence-electron chi connectivity index (χ1n) is 11.0. The standard InChI is InChI=1S/C27H21FN2O4S/c1-3-34-19-6-4-5-17(13-19)23-22(24(31)16-9-7-15(2)8-10-16)25(32)26(33)30(23)27-29-20-12-11-18(28)14-21(20)35-27/h4-14,23,31H,3H2,1-2H3. The number of aliphatic hydroxyl groups excluding tert-OH is 1. The van der Waals surface area contributed by atoms with Gasteiger partial charge < -0.3 is 9.84 Å². The van der Waals surface area contributed by atoms with E-state index in [0.717, 1.165) is 16.9 Å². The molecule has 176 valence electrons. The number of aliphatic hydroxyl groups is 1. The first-order chi connectivity index (χ1) is 16.9. The van der Waals surface area contributed by atoms with Crippen molar-refractivity contribution >= 4 is 44.1 Å². The smallest absolute Gasteiger partial charge is 0.301 e. The van der Waals surface area contributed by atoms with Crippen molar-refractivity contribution < 1.29 is 23.8 Å². The van der Waals surface area contributed by atoms with E-state index in [-0.39, 0.29) is 16.5 Å². The van der Waals surface area contributed by atoms with Gasteiger partial charge in [-0.05, 0) is 49.7 Å². The van der Waals surface area contributed by atoms with Crippen LogP contribution in [-0.4, -0.2) is 28.4 Å². The van der Waals surface area contributed by atoms with Crippen LogP contribution in [-0.2, 0) is 9.59 Å². The molecule has 0 aliphatic carbocycles. The molecule has 8 heteroatoms. The Morgan fingerprint density at radius 2 is 1.89 bits per heavy atom. The summed E-state index contributed by atoms with van der Waals surface area (Å²) >= 11 is 1.11. The zero-order valence-corrected chi connectivity index (χ0v) is 19.8. The van der Waals surface area contributed by atoms with Gasteiger partial charge in [0.15, 0.2) is 5.13 Å². The molecule has 0 spiro atoms. The second-order valence-electron chi connectivity index (χ2n) is 8.15. The first-order valence-corrected chi connectivity index (χ1v) is 11.9. The summed E-state index contributed by atoms with van der Waals surface area (Å²) in [6.45, 7) is 4.21. The number of carbonyl (C=O) groups is 2. The van der Waals surface area contributed by atoms with Crippen molar-refractivity contribution in [2.45, 2.75) is 19.9 Å². The van der Waals surface area contributed by atoms with E-state index in [0.29, 0.717) is 33.7 Å². The molecule has 1 fully saturated rings. The topological polar surface area (TPSA) is 79.7 Å². The van der Waals surface area contributed by atoms with Crippen molar-refractivity contribution in [1.82, 2.24) is 4.98 Å². The predicted octanol–water partition coefficient (Wildman–Crippen LogP) is 5.77. The SMILES string of the molecule is CCOc1cccc(C2C(=C(O)c3ccc(C)cc3)C(=O)C(=O)N2c2nc3ccc(F)cc3s2)c1. The van der Waals surface area contributed by atoms with Crippen LogP contribution in [0.3, 0.4) is 0 Å². The number of hydrogen-bond donors (Lipinski definition) is 1. The number of benzene rings is 3. The van der Waals surface area contributed by atoms with Crippen molar-refractivity contribution in [3.63, 3.8) is 0 Å². The molecule has 3 aromatic carbocycles. The summed E-state index contributed by atoms with van der Waals surface area (Å²) in [6.07, 6.45) is 0. The van der Waals surface area contributed by atoms with Crippen LogP contribution in [0.1, 0.15) is 29.7 Å². The minimum Gasteiger partial charge on any atom is -0.507 e. The van der Waals surface area contributed by atoms with Gasteiger partial charge in [-0.2, -0.15) is 0 Å². The Morgan fingerprint density at radius 3 is 2.63 bits per heavy atom. The zero-order valence-electron chi connectivity index (χ0n) is 19.0. The van der Waals surface area contributed by atoms with Gasteiger partial charge in [0.2, 0.25) is 0 Å². The maximum Gasteiger partial charge on any atom is 0.301 e. The van der Waals surface area contributed by atoms with Gasteiger partial charge in [0.05, 0.1) is 28.4 Å². The number of anilines is 1. The molecule has 1 N–H and O–H groups in total. The van der Waals surface area contributed by atoms with Crippen LogP contribution in [0.2, 0.25) is 0 Å². The number of hydrogen-bond acceptors (Lipinski definition) is 6. The highest BCUT2D eigenvalue weighted by molar-refractivity contribution is 7.22. The Bertz CT molecular complexity index is 1490. The lowest BCUT2D eigenvalue weighted by Crippen LogP contribution is -2.29. The summed E-state index contributed by atoms with van der Waals surface area (Å²) in [7, 11) is 0. The lowest BCUT2D eigenvalue weighted by atomic mass is 9.95. The fourth-order valence-corrected chi connectivity index (χ4v) is 5.16. The van der Waals surface area contributed by atoms with Crippen molar-refractivity contribution in [3.05, 3.63) is 94.8 Å². The summed E-state index contributed by atoms with van der Waals surface area (Å²) in [5.41, 5.74) is 2.46. The second kappa shape index (κ2) is 8.96. The van der Waals surface area contributed by atoms with E-state index in [9.17, 15) is 19.1 Å². The maximum absolute atomic E-state index is 13.8. The van der Waals surface area contributed by atoms with Crippen molar-refractivity contribution in [2.75, 3.05) is 11.5 Å². The molecule has 0 saturated carbocycles. The highest BCUT2D eigenvalue weighted by Crippen LogP contribution is 2.44. The largest absolute Gasteiger partial charge is 0.507 e. The minimum atomic E-state index is -0.942. The Hall–Kier alpha value is -4.04. The Kier molecular flexibility index (Phi) is 5.82. The van der Waals surface area contributed by atoms with E-state index in [1.165, 1.54) is 23.1 Å². The number of Topliss-reactive ketones (excluding diaryl/α,β-unsaturated/α-hetero) is 1. The molecule has 1 aliphatic heterocycles. The number of amides is 1. The van der Waals surface area contributed by atoms with Crippen molar-refractivity contribution in [2.24, 2.45) is 0 Å². The lowest BCUT2D eigenvalue weighted by molar-refractivity contribution is -0.132. The Balaban J connectivity index is 1.72. The van der Waals surface area contributed by atoms with E-state index >= 15 is 0 Å². The number of aryl methyl sites for hydroxylation is 1. The molecule has 5 rings (SSSR count). The third-order valence-corrected chi connectivity index (χ3v) is 6.82. The van der Waals surface area contributed by atoms with E-state index < -0.39 is 23.5 Å². The number of ketones is 1.